The van der Waals surface area contributed by atoms with Crippen LogP contribution in [0.4, 0.5) is 0 Å². The predicted octanol–water partition coefficient (Wildman–Crippen LogP) is 1.98. The van der Waals surface area contributed by atoms with E-state index in [1.165, 1.54) is 49.3 Å². The maximum absolute atomic E-state index is 15.0. The number of carbonyl (C=O) groups is 7. The number of H-pyrrole nitrogens is 3. The zero-order valence-corrected chi connectivity index (χ0v) is 40.8. The molecule has 13 N–H and O–H groups in total. The summed E-state index contributed by atoms with van der Waals surface area (Å²) in [4.78, 5) is 115. The zero-order valence-electron chi connectivity index (χ0n) is 40.8. The minimum atomic E-state index is -1.44. The molecule has 3 aromatic heterocycles. The number of imidazole rings is 2. The number of aromatic amines is 3. The average Bonchev–Trinajstić information content (AvgIpc) is 4.21. The highest BCUT2D eigenvalue weighted by molar-refractivity contribution is 5.98. The largest absolute Gasteiger partial charge is 0.508 e. The topological polar surface area (TPSA) is 331 Å². The molecule has 4 aromatic carbocycles. The van der Waals surface area contributed by atoms with Crippen LogP contribution in [0.5, 0.6) is 5.75 Å². The van der Waals surface area contributed by atoms with Crippen LogP contribution in [0.3, 0.4) is 0 Å². The normalized spacial score (nSPS) is 14.1. The molecule has 6 amide bonds. The first-order valence-corrected chi connectivity index (χ1v) is 24.2. The second kappa shape index (κ2) is 25.0. The second-order valence-electron chi connectivity index (χ2n) is 18.2. The molecule has 21 nitrogen and oxygen atoms in total. The molecule has 7 atom stereocenters. The van der Waals surface area contributed by atoms with Crippen molar-refractivity contribution < 1.29 is 43.8 Å². The molecule has 0 radical (unpaired) electrons. The number of amides is 6. The number of para-hydroxylation sites is 1. The average molecular weight is 1010 g/mol. The summed E-state index contributed by atoms with van der Waals surface area (Å²) in [6.07, 6.45) is 7.27. The molecular formula is C53H60N12O9. The number of phenols is 1. The number of rotatable bonds is 25. The van der Waals surface area contributed by atoms with Crippen molar-refractivity contribution in [2.45, 2.75) is 88.6 Å². The Balaban J connectivity index is 1.19. The highest BCUT2D eigenvalue weighted by Crippen LogP contribution is 2.21. The number of benzene rings is 4. The summed E-state index contributed by atoms with van der Waals surface area (Å²) in [5.41, 5.74) is 9.07. The van der Waals surface area contributed by atoms with E-state index < -0.39 is 77.7 Å². The maximum atomic E-state index is 15.0. The van der Waals surface area contributed by atoms with Gasteiger partial charge in [-0.15, -0.1) is 0 Å². The van der Waals surface area contributed by atoms with Gasteiger partial charge < -0.3 is 62.8 Å². The molecular weight excluding hydrogens is 949 g/mol. The summed E-state index contributed by atoms with van der Waals surface area (Å²) in [5.74, 6) is -6.18. The van der Waals surface area contributed by atoms with Crippen LogP contribution in [0.25, 0.3) is 21.7 Å². The van der Waals surface area contributed by atoms with Crippen molar-refractivity contribution >= 4 is 63.1 Å². The Kier molecular flexibility index (Phi) is 17.9. The number of nitrogens with two attached hydrogens (primary N) is 1. The zero-order chi connectivity index (χ0) is 52.7. The standard InChI is InChI=1S/C53H60N12O9/c1-3-30(2)47(65-46(67)24-54)52(72)63-41(20-32-12-15-33-8-4-5-9-34(33)18-32)48(68)60-42(21-35-25-57-40-11-7-6-10-39(35)40)49(69)61-43(22-36-26-55-28-58-36)50(70)62-44(23-37-27-56-29-59-37)51(71)64-45(53(73)74)19-31-13-16-38(66)17-14-31/h4-18,25-30,41-45,47,57,66H,3,19-24,54H2,1-2H3,(H,55,58)(H,56,59)(H,60,68)(H,61,69)(H,62,70)(H,63,72)(H,64,71)(H,65,67)(H,73,74)/t30-,41-,42-,43-,44-,45-,47-/m0/s1. The summed E-state index contributed by atoms with van der Waals surface area (Å²) in [5, 5.41) is 38.9. The van der Waals surface area contributed by atoms with Gasteiger partial charge in [0.15, 0.2) is 0 Å². The van der Waals surface area contributed by atoms with Crippen LogP contribution in [0, 0.1) is 5.92 Å². The first-order chi connectivity index (χ1) is 35.7. The molecule has 3 heterocycles. The third-order valence-electron chi connectivity index (χ3n) is 12.8. The molecule has 0 saturated heterocycles. The smallest absolute Gasteiger partial charge is 0.326 e. The number of aromatic hydroxyl groups is 1. The van der Waals surface area contributed by atoms with Crippen molar-refractivity contribution in [1.82, 2.24) is 56.8 Å². The lowest BCUT2D eigenvalue weighted by atomic mass is 9.96. The van der Waals surface area contributed by atoms with Gasteiger partial charge in [0.1, 0.15) is 42.0 Å². The summed E-state index contributed by atoms with van der Waals surface area (Å²) >= 11 is 0. The molecule has 0 aliphatic carbocycles. The number of carboxylic acids is 1. The Morgan fingerprint density at radius 2 is 1.09 bits per heavy atom. The monoisotopic (exact) mass is 1010 g/mol. The van der Waals surface area contributed by atoms with Gasteiger partial charge in [0.2, 0.25) is 35.4 Å². The van der Waals surface area contributed by atoms with Gasteiger partial charge in [0.25, 0.3) is 0 Å². The minimum Gasteiger partial charge on any atom is -0.508 e. The quantitative estimate of drug-likeness (QED) is 0.0391. The molecule has 21 heteroatoms. The van der Waals surface area contributed by atoms with Gasteiger partial charge in [0, 0.05) is 73.0 Å². The van der Waals surface area contributed by atoms with Crippen LogP contribution in [-0.4, -0.2) is 119 Å². The van der Waals surface area contributed by atoms with Crippen LogP contribution in [-0.2, 0) is 65.7 Å². The molecule has 7 aromatic rings. The van der Waals surface area contributed by atoms with Gasteiger partial charge >= 0.3 is 5.97 Å². The fourth-order valence-corrected chi connectivity index (χ4v) is 8.54. The fourth-order valence-electron chi connectivity index (χ4n) is 8.54. The van der Waals surface area contributed by atoms with Crippen molar-refractivity contribution in [3.63, 3.8) is 0 Å². The van der Waals surface area contributed by atoms with E-state index in [2.05, 4.69) is 56.8 Å². The number of phenolic OH excluding ortho intramolecular Hbond substituents is 1. The molecule has 74 heavy (non-hydrogen) atoms. The lowest BCUT2D eigenvalue weighted by molar-refractivity contribution is -0.142. The Labute approximate surface area is 425 Å². The van der Waals surface area contributed by atoms with Crippen molar-refractivity contribution in [2.75, 3.05) is 6.54 Å². The van der Waals surface area contributed by atoms with Crippen molar-refractivity contribution in [2.24, 2.45) is 11.7 Å². The van der Waals surface area contributed by atoms with Crippen LogP contribution in [0.15, 0.2) is 122 Å². The highest BCUT2D eigenvalue weighted by atomic mass is 16.4. The van der Waals surface area contributed by atoms with Crippen molar-refractivity contribution in [3.05, 3.63) is 150 Å². The molecule has 0 fully saturated rings. The van der Waals surface area contributed by atoms with Crippen molar-refractivity contribution in [3.8, 4) is 5.75 Å². The maximum Gasteiger partial charge on any atom is 0.326 e. The lowest BCUT2D eigenvalue weighted by Crippen LogP contribution is -2.61. The summed E-state index contributed by atoms with van der Waals surface area (Å²) < 4.78 is 0. The van der Waals surface area contributed by atoms with Crippen LogP contribution in [0.2, 0.25) is 0 Å². The van der Waals surface area contributed by atoms with Crippen LogP contribution >= 0.6 is 0 Å². The molecule has 0 saturated carbocycles. The molecule has 7 rings (SSSR count). The van der Waals surface area contributed by atoms with E-state index in [1.807, 2.05) is 73.7 Å². The van der Waals surface area contributed by atoms with Gasteiger partial charge in [-0.1, -0.05) is 93.1 Å². The first kappa shape index (κ1) is 53.0. The fraction of sp³-hybridized carbons (Fsp3) is 0.302. The number of fused-ring (bicyclic) bond motifs is 2. The summed E-state index contributed by atoms with van der Waals surface area (Å²) in [6.45, 7) is 3.28. The van der Waals surface area contributed by atoms with Gasteiger partial charge in [-0.3, -0.25) is 28.8 Å². The molecule has 0 unspecified atom stereocenters. The molecule has 0 aliphatic rings. The molecule has 0 aliphatic heterocycles. The van der Waals surface area contributed by atoms with Gasteiger partial charge in [0.05, 0.1) is 19.2 Å². The number of hydrogen-bond donors (Lipinski definition) is 12. The first-order valence-electron chi connectivity index (χ1n) is 24.2. The predicted molar refractivity (Wildman–Crippen MR) is 274 cm³/mol. The number of aromatic nitrogens is 5. The molecule has 386 valence electrons. The van der Waals surface area contributed by atoms with Gasteiger partial charge in [-0.25, -0.2) is 14.8 Å². The number of hydrogen-bond acceptors (Lipinski definition) is 11. The van der Waals surface area contributed by atoms with Gasteiger partial charge in [-0.2, -0.15) is 0 Å². The Morgan fingerprint density at radius 1 is 0.581 bits per heavy atom. The van der Waals surface area contributed by atoms with E-state index in [0.29, 0.717) is 34.5 Å². The number of nitrogens with one attached hydrogen (secondary N) is 9. The van der Waals surface area contributed by atoms with E-state index in [9.17, 15) is 43.8 Å². The highest BCUT2D eigenvalue weighted by Gasteiger charge is 2.35. The number of nitrogens with zero attached hydrogens (tertiary/aromatic N) is 2. The van der Waals surface area contributed by atoms with Gasteiger partial charge in [-0.05, 0) is 51.6 Å². The third-order valence-corrected chi connectivity index (χ3v) is 12.8. The van der Waals surface area contributed by atoms with E-state index in [0.717, 1.165) is 21.7 Å². The number of carboxylic acid groups (broad SMARTS) is 1. The second-order valence-corrected chi connectivity index (χ2v) is 18.2. The summed E-state index contributed by atoms with van der Waals surface area (Å²) in [6, 6.07) is 18.5. The number of aliphatic carboxylic acids is 1. The lowest BCUT2D eigenvalue weighted by Gasteiger charge is -2.28. The van der Waals surface area contributed by atoms with E-state index >= 15 is 0 Å². The Morgan fingerprint density at radius 3 is 1.66 bits per heavy atom. The van der Waals surface area contributed by atoms with E-state index in [1.54, 1.807) is 13.1 Å². The van der Waals surface area contributed by atoms with Crippen molar-refractivity contribution in [1.29, 1.82) is 0 Å². The third kappa shape index (κ3) is 14.2. The van der Waals surface area contributed by atoms with Crippen LogP contribution in [0.1, 0.15) is 48.3 Å². The number of carbonyl (C=O) groups excluding carboxylic acids is 6. The Hall–Kier alpha value is -8.85. The molecule has 0 bridgehead atoms. The van der Waals surface area contributed by atoms with Crippen LogP contribution < -0.4 is 37.6 Å². The van der Waals surface area contributed by atoms with E-state index in [-0.39, 0.29) is 50.3 Å². The Bertz CT molecular complexity index is 3050. The summed E-state index contributed by atoms with van der Waals surface area (Å²) in [7, 11) is 0. The minimum absolute atomic E-state index is 0.0236. The SMILES string of the molecule is CC[C@H](C)[C@H](NC(=O)CN)C(=O)N[C@@H](Cc1ccc2ccccc2c1)C(=O)N[C@@H](Cc1c[nH]c2ccccc12)C(=O)N[C@@H](Cc1cnc[nH]1)C(=O)N[C@@H](Cc1cnc[nH]1)C(=O)N[C@@H](Cc1ccc(O)cc1)C(=O)O. The molecule has 0 spiro atoms. The van der Waals surface area contributed by atoms with E-state index in [4.69, 9.17) is 5.73 Å².